The molecule has 0 unspecified atom stereocenters. The molecule has 23 heavy (non-hydrogen) atoms. The van der Waals surface area contributed by atoms with E-state index < -0.39 is 0 Å². The summed E-state index contributed by atoms with van der Waals surface area (Å²) < 4.78 is 5.47. The van der Waals surface area contributed by atoms with E-state index in [2.05, 4.69) is 20.6 Å². The minimum absolute atomic E-state index is 0.102. The Hall–Kier alpha value is -1.89. The fraction of sp³-hybridized carbons (Fsp3) is 0.688. The van der Waals surface area contributed by atoms with Crippen LogP contribution in [0.2, 0.25) is 0 Å². The van der Waals surface area contributed by atoms with E-state index in [0.29, 0.717) is 19.1 Å². The van der Waals surface area contributed by atoms with Gasteiger partial charge in [0.25, 0.3) is 0 Å². The molecule has 3 rings (SSSR count). The van der Waals surface area contributed by atoms with Crippen LogP contribution in [0.1, 0.15) is 33.1 Å². The fourth-order valence-corrected chi connectivity index (χ4v) is 3.12. The van der Waals surface area contributed by atoms with Crippen LogP contribution in [0.4, 0.5) is 11.6 Å². The molecule has 0 radical (unpaired) electrons. The first-order valence-electron chi connectivity index (χ1n) is 8.34. The van der Waals surface area contributed by atoms with Gasteiger partial charge in [0, 0.05) is 31.7 Å². The SMILES string of the molecule is CC(C)N1C[C@@H](Nc2cc(N[C@@H]3CCCOC3)ncn2)CC1=O. The fourth-order valence-electron chi connectivity index (χ4n) is 3.12. The first-order chi connectivity index (χ1) is 11.1. The Labute approximate surface area is 136 Å². The van der Waals surface area contributed by atoms with Gasteiger partial charge in [-0.05, 0) is 26.7 Å². The van der Waals surface area contributed by atoms with Gasteiger partial charge in [0.1, 0.15) is 18.0 Å². The predicted molar refractivity (Wildman–Crippen MR) is 88.4 cm³/mol. The van der Waals surface area contributed by atoms with E-state index in [9.17, 15) is 4.79 Å². The summed E-state index contributed by atoms with van der Waals surface area (Å²) in [6.45, 7) is 6.36. The molecule has 2 N–H and O–H groups in total. The highest BCUT2D eigenvalue weighted by molar-refractivity contribution is 5.80. The van der Waals surface area contributed by atoms with Crippen LogP contribution in [0.5, 0.6) is 0 Å². The van der Waals surface area contributed by atoms with Crippen molar-refractivity contribution in [3.05, 3.63) is 12.4 Å². The summed E-state index contributed by atoms with van der Waals surface area (Å²) >= 11 is 0. The third-order valence-electron chi connectivity index (χ3n) is 4.31. The standard InChI is InChI=1S/C16H25N5O2/c1-11(2)21-8-13(6-16(21)22)20-15-7-14(17-10-18-15)19-12-4-3-5-23-9-12/h7,10-13H,3-6,8-9H2,1-2H3,(H2,17,18,19,20)/t12-,13+/m1/s1. The van der Waals surface area contributed by atoms with Crippen LogP contribution in [0.15, 0.2) is 12.4 Å². The number of ether oxygens (including phenoxy) is 1. The van der Waals surface area contributed by atoms with Gasteiger partial charge < -0.3 is 20.3 Å². The number of aromatic nitrogens is 2. The quantitative estimate of drug-likeness (QED) is 0.856. The maximum atomic E-state index is 12.0. The smallest absolute Gasteiger partial charge is 0.225 e. The zero-order chi connectivity index (χ0) is 16.2. The molecule has 1 aromatic rings. The molecule has 2 saturated heterocycles. The number of rotatable bonds is 5. The lowest BCUT2D eigenvalue weighted by molar-refractivity contribution is -0.129. The average Bonchev–Trinajstić information content (AvgIpc) is 2.89. The van der Waals surface area contributed by atoms with Gasteiger partial charge in [-0.3, -0.25) is 4.79 Å². The minimum atomic E-state index is 0.102. The van der Waals surface area contributed by atoms with E-state index in [1.807, 2.05) is 24.8 Å². The van der Waals surface area contributed by atoms with Crippen LogP contribution in [-0.4, -0.2) is 58.7 Å². The summed E-state index contributed by atoms with van der Waals surface area (Å²) in [7, 11) is 0. The predicted octanol–water partition coefficient (Wildman–Crippen LogP) is 1.49. The molecule has 0 aromatic carbocycles. The van der Waals surface area contributed by atoms with Gasteiger partial charge in [-0.1, -0.05) is 0 Å². The van der Waals surface area contributed by atoms with Gasteiger partial charge in [-0.15, -0.1) is 0 Å². The van der Waals surface area contributed by atoms with Crippen LogP contribution in [0.3, 0.4) is 0 Å². The van der Waals surface area contributed by atoms with Gasteiger partial charge in [0.15, 0.2) is 0 Å². The van der Waals surface area contributed by atoms with Crippen molar-refractivity contribution in [2.45, 2.75) is 51.2 Å². The van der Waals surface area contributed by atoms with Crippen molar-refractivity contribution in [2.24, 2.45) is 0 Å². The third-order valence-corrected chi connectivity index (χ3v) is 4.31. The Morgan fingerprint density at radius 1 is 1.26 bits per heavy atom. The maximum Gasteiger partial charge on any atom is 0.225 e. The van der Waals surface area contributed by atoms with E-state index in [1.165, 1.54) is 0 Å². The van der Waals surface area contributed by atoms with Crippen LogP contribution in [0, 0.1) is 0 Å². The van der Waals surface area contributed by atoms with Crippen LogP contribution < -0.4 is 10.6 Å². The van der Waals surface area contributed by atoms with E-state index in [0.717, 1.165) is 37.6 Å². The maximum absolute atomic E-state index is 12.0. The topological polar surface area (TPSA) is 79.4 Å². The second kappa shape index (κ2) is 7.12. The molecule has 7 nitrogen and oxygen atoms in total. The molecule has 126 valence electrons. The lowest BCUT2D eigenvalue weighted by Crippen LogP contribution is -2.33. The molecule has 0 bridgehead atoms. The molecule has 2 fully saturated rings. The molecule has 1 aromatic heterocycles. The summed E-state index contributed by atoms with van der Waals surface area (Å²) in [5, 5.41) is 6.74. The zero-order valence-electron chi connectivity index (χ0n) is 13.8. The Morgan fingerprint density at radius 2 is 2.00 bits per heavy atom. The molecular weight excluding hydrogens is 294 g/mol. The van der Waals surface area contributed by atoms with E-state index in [4.69, 9.17) is 4.74 Å². The Balaban J connectivity index is 1.58. The molecule has 0 saturated carbocycles. The van der Waals surface area contributed by atoms with E-state index in [-0.39, 0.29) is 18.0 Å². The largest absolute Gasteiger partial charge is 0.379 e. The summed E-state index contributed by atoms with van der Waals surface area (Å²) in [4.78, 5) is 22.4. The zero-order valence-corrected chi connectivity index (χ0v) is 13.8. The molecule has 0 spiro atoms. The number of carbonyl (C=O) groups excluding carboxylic acids is 1. The third kappa shape index (κ3) is 4.10. The second-order valence-electron chi connectivity index (χ2n) is 6.53. The first-order valence-corrected chi connectivity index (χ1v) is 8.34. The molecule has 2 aliphatic rings. The molecule has 1 amide bonds. The van der Waals surface area contributed by atoms with Crippen molar-refractivity contribution in [3.8, 4) is 0 Å². The Bertz CT molecular complexity index is 545. The van der Waals surface area contributed by atoms with Crippen LogP contribution >= 0.6 is 0 Å². The molecule has 7 heteroatoms. The van der Waals surface area contributed by atoms with Gasteiger partial charge in [-0.25, -0.2) is 9.97 Å². The number of carbonyl (C=O) groups is 1. The van der Waals surface area contributed by atoms with Gasteiger partial charge in [-0.2, -0.15) is 0 Å². The number of hydrogen-bond acceptors (Lipinski definition) is 6. The average molecular weight is 319 g/mol. The number of nitrogens with zero attached hydrogens (tertiary/aromatic N) is 3. The lowest BCUT2D eigenvalue weighted by Gasteiger charge is -2.24. The minimum Gasteiger partial charge on any atom is -0.379 e. The summed E-state index contributed by atoms with van der Waals surface area (Å²) in [5.74, 6) is 1.75. The summed E-state index contributed by atoms with van der Waals surface area (Å²) in [6.07, 6.45) is 4.23. The lowest BCUT2D eigenvalue weighted by atomic mass is 10.1. The number of amides is 1. The number of likely N-dealkylation sites (tertiary alicyclic amines) is 1. The van der Waals surface area contributed by atoms with Crippen LogP contribution in [0.25, 0.3) is 0 Å². The molecule has 0 aliphatic carbocycles. The summed E-state index contributed by atoms with van der Waals surface area (Å²) in [5.41, 5.74) is 0. The van der Waals surface area contributed by atoms with Gasteiger partial charge in [0.2, 0.25) is 5.91 Å². The Morgan fingerprint density at radius 3 is 2.61 bits per heavy atom. The van der Waals surface area contributed by atoms with Crippen molar-refractivity contribution in [1.29, 1.82) is 0 Å². The van der Waals surface area contributed by atoms with Crippen molar-refractivity contribution in [1.82, 2.24) is 14.9 Å². The van der Waals surface area contributed by atoms with E-state index >= 15 is 0 Å². The number of anilines is 2. The number of hydrogen-bond donors (Lipinski definition) is 2. The van der Waals surface area contributed by atoms with Gasteiger partial charge in [0.05, 0.1) is 18.7 Å². The molecular formula is C16H25N5O2. The van der Waals surface area contributed by atoms with Crippen molar-refractivity contribution >= 4 is 17.5 Å². The highest BCUT2D eigenvalue weighted by Crippen LogP contribution is 2.19. The summed E-state index contributed by atoms with van der Waals surface area (Å²) in [6, 6.07) is 2.54. The van der Waals surface area contributed by atoms with E-state index in [1.54, 1.807) is 6.33 Å². The molecule has 2 atom stereocenters. The highest BCUT2D eigenvalue weighted by Gasteiger charge is 2.31. The first kappa shape index (κ1) is 16.0. The normalized spacial score (nSPS) is 25.0. The van der Waals surface area contributed by atoms with Crippen molar-refractivity contribution in [3.63, 3.8) is 0 Å². The highest BCUT2D eigenvalue weighted by atomic mass is 16.5. The molecule has 3 heterocycles. The number of nitrogens with one attached hydrogen (secondary N) is 2. The van der Waals surface area contributed by atoms with Crippen molar-refractivity contribution < 1.29 is 9.53 Å². The van der Waals surface area contributed by atoms with Crippen molar-refractivity contribution in [2.75, 3.05) is 30.4 Å². The molecule has 2 aliphatic heterocycles. The van der Waals surface area contributed by atoms with Crippen LogP contribution in [-0.2, 0) is 9.53 Å². The second-order valence-corrected chi connectivity index (χ2v) is 6.53. The monoisotopic (exact) mass is 319 g/mol. The van der Waals surface area contributed by atoms with Gasteiger partial charge >= 0.3 is 0 Å². The Kier molecular flexibility index (Phi) is 4.95.